The second-order valence-electron chi connectivity index (χ2n) is 6.24. The van der Waals surface area contributed by atoms with Gasteiger partial charge in [-0.05, 0) is 38.8 Å². The predicted octanol–water partition coefficient (Wildman–Crippen LogP) is 3.64. The minimum atomic E-state index is -0.656. The lowest BCUT2D eigenvalue weighted by Gasteiger charge is -2.07. The van der Waals surface area contributed by atoms with Crippen molar-refractivity contribution in [3.8, 4) is 5.69 Å². The summed E-state index contributed by atoms with van der Waals surface area (Å²) in [6.45, 7) is 4.10. The number of rotatable bonds is 5. The molecule has 0 amide bonds. The molecule has 8 heteroatoms. The molecule has 6 nitrogen and oxygen atoms in total. The lowest BCUT2D eigenvalue weighted by Crippen LogP contribution is -2.05. The monoisotopic (exact) mass is 345 g/mol. The van der Waals surface area contributed by atoms with Crippen LogP contribution in [-0.4, -0.2) is 19.9 Å². The third-order valence-electron chi connectivity index (χ3n) is 4.38. The summed E-state index contributed by atoms with van der Waals surface area (Å²) in [5.74, 6) is -0.115. The molecule has 0 spiro atoms. The molecule has 25 heavy (non-hydrogen) atoms. The van der Waals surface area contributed by atoms with E-state index in [1.807, 2.05) is 13.8 Å². The van der Waals surface area contributed by atoms with Gasteiger partial charge in [-0.2, -0.15) is 10.1 Å². The van der Waals surface area contributed by atoms with Crippen molar-refractivity contribution < 1.29 is 13.3 Å². The summed E-state index contributed by atoms with van der Waals surface area (Å²) in [5, 5.41) is 11.4. The van der Waals surface area contributed by atoms with Gasteiger partial charge in [0.25, 0.3) is 0 Å². The Kier molecular flexibility index (Phi) is 3.74. The zero-order valence-corrected chi connectivity index (χ0v) is 13.9. The number of nitrogens with one attached hydrogen (secondary N) is 1. The number of halogens is 2. The SMILES string of the molecule is Cc1nn(-c2ccc(F)cc2F)c(C)c1CNc1nc(C2CC2)no1. The normalized spacial score (nSPS) is 14.1. The van der Waals surface area contributed by atoms with E-state index in [0.717, 1.165) is 41.7 Å². The van der Waals surface area contributed by atoms with Crippen LogP contribution in [0.25, 0.3) is 5.69 Å². The third-order valence-corrected chi connectivity index (χ3v) is 4.38. The smallest absolute Gasteiger partial charge is 0.321 e. The Morgan fingerprint density at radius 2 is 2.08 bits per heavy atom. The van der Waals surface area contributed by atoms with Crippen LogP contribution in [0.2, 0.25) is 0 Å². The van der Waals surface area contributed by atoms with Gasteiger partial charge in [0, 0.05) is 29.8 Å². The quantitative estimate of drug-likeness (QED) is 0.764. The summed E-state index contributed by atoms with van der Waals surface area (Å²) >= 11 is 0. The van der Waals surface area contributed by atoms with Gasteiger partial charge in [-0.1, -0.05) is 5.16 Å². The summed E-state index contributed by atoms with van der Waals surface area (Å²) in [6.07, 6.45) is 2.21. The molecular formula is C17H17F2N5O. The highest BCUT2D eigenvalue weighted by Crippen LogP contribution is 2.38. The minimum Gasteiger partial charge on any atom is -0.334 e. The van der Waals surface area contributed by atoms with E-state index < -0.39 is 11.6 Å². The van der Waals surface area contributed by atoms with Gasteiger partial charge in [-0.25, -0.2) is 13.5 Å². The molecule has 1 saturated carbocycles. The lowest BCUT2D eigenvalue weighted by molar-refractivity contribution is 0.422. The molecule has 1 N–H and O–H groups in total. The van der Waals surface area contributed by atoms with Gasteiger partial charge < -0.3 is 9.84 Å². The van der Waals surface area contributed by atoms with Crippen LogP contribution in [0.15, 0.2) is 22.7 Å². The first kappa shape index (κ1) is 15.7. The largest absolute Gasteiger partial charge is 0.334 e. The van der Waals surface area contributed by atoms with E-state index in [4.69, 9.17) is 4.52 Å². The summed E-state index contributed by atoms with van der Waals surface area (Å²) < 4.78 is 33.8. The molecular weight excluding hydrogens is 328 g/mol. The fourth-order valence-electron chi connectivity index (χ4n) is 2.80. The van der Waals surface area contributed by atoms with Crippen molar-refractivity contribution in [1.82, 2.24) is 19.9 Å². The first-order chi connectivity index (χ1) is 12.0. The number of anilines is 1. The van der Waals surface area contributed by atoms with Crippen LogP contribution in [0.4, 0.5) is 14.8 Å². The van der Waals surface area contributed by atoms with Gasteiger partial charge in [0.05, 0.1) is 5.69 Å². The Balaban J connectivity index is 1.56. The molecule has 0 atom stereocenters. The fraction of sp³-hybridized carbons (Fsp3) is 0.353. The van der Waals surface area contributed by atoms with Crippen LogP contribution in [0.5, 0.6) is 0 Å². The van der Waals surface area contributed by atoms with Crippen LogP contribution in [-0.2, 0) is 6.54 Å². The average molecular weight is 345 g/mol. The highest BCUT2D eigenvalue weighted by atomic mass is 19.1. The third kappa shape index (κ3) is 2.99. The van der Waals surface area contributed by atoms with Crippen molar-refractivity contribution >= 4 is 6.01 Å². The molecule has 0 bridgehead atoms. The van der Waals surface area contributed by atoms with E-state index in [1.165, 1.54) is 16.8 Å². The maximum atomic E-state index is 14.0. The molecule has 1 aromatic carbocycles. The summed E-state index contributed by atoms with van der Waals surface area (Å²) in [6, 6.07) is 3.80. The zero-order valence-electron chi connectivity index (χ0n) is 13.9. The first-order valence-electron chi connectivity index (χ1n) is 8.11. The molecule has 0 saturated heterocycles. The lowest BCUT2D eigenvalue weighted by atomic mass is 10.2. The number of aromatic nitrogens is 4. The van der Waals surface area contributed by atoms with Gasteiger partial charge >= 0.3 is 6.01 Å². The Labute approximate surface area is 142 Å². The van der Waals surface area contributed by atoms with Crippen molar-refractivity contribution in [3.05, 3.63) is 52.6 Å². The predicted molar refractivity (Wildman–Crippen MR) is 86.6 cm³/mol. The Hall–Kier alpha value is -2.77. The molecule has 0 aliphatic heterocycles. The number of hydrogen-bond acceptors (Lipinski definition) is 5. The molecule has 2 heterocycles. The fourth-order valence-corrected chi connectivity index (χ4v) is 2.80. The molecule has 1 aliphatic rings. The van der Waals surface area contributed by atoms with Crippen molar-refractivity contribution in [2.45, 2.75) is 39.2 Å². The first-order valence-corrected chi connectivity index (χ1v) is 8.11. The van der Waals surface area contributed by atoms with Gasteiger partial charge in [-0.3, -0.25) is 0 Å². The van der Waals surface area contributed by atoms with Crippen LogP contribution >= 0.6 is 0 Å². The van der Waals surface area contributed by atoms with E-state index in [-0.39, 0.29) is 5.69 Å². The highest BCUT2D eigenvalue weighted by molar-refractivity contribution is 5.39. The Morgan fingerprint density at radius 1 is 1.28 bits per heavy atom. The van der Waals surface area contributed by atoms with Gasteiger partial charge in [0.15, 0.2) is 11.6 Å². The number of hydrogen-bond donors (Lipinski definition) is 1. The summed E-state index contributed by atoms with van der Waals surface area (Å²) in [7, 11) is 0. The summed E-state index contributed by atoms with van der Waals surface area (Å²) in [4.78, 5) is 4.32. The molecule has 1 fully saturated rings. The van der Waals surface area contributed by atoms with Gasteiger partial charge in [0.1, 0.15) is 11.5 Å². The molecule has 3 aromatic rings. The van der Waals surface area contributed by atoms with Crippen molar-refractivity contribution in [2.75, 3.05) is 5.32 Å². The second-order valence-corrected chi connectivity index (χ2v) is 6.24. The topological polar surface area (TPSA) is 68.8 Å². The molecule has 1 aliphatic carbocycles. The number of nitrogens with zero attached hydrogens (tertiary/aromatic N) is 4. The van der Waals surface area contributed by atoms with Crippen LogP contribution in [0.3, 0.4) is 0 Å². The van der Waals surface area contributed by atoms with Crippen LogP contribution in [0.1, 0.15) is 41.5 Å². The Bertz CT molecular complexity index is 929. The van der Waals surface area contributed by atoms with E-state index in [9.17, 15) is 8.78 Å². The summed E-state index contributed by atoms with van der Waals surface area (Å²) in [5.41, 5.74) is 2.62. The van der Waals surface area contributed by atoms with E-state index in [2.05, 4.69) is 20.6 Å². The zero-order chi connectivity index (χ0) is 17.6. The maximum Gasteiger partial charge on any atom is 0.321 e. The van der Waals surface area contributed by atoms with Crippen molar-refractivity contribution in [2.24, 2.45) is 0 Å². The van der Waals surface area contributed by atoms with Crippen molar-refractivity contribution in [3.63, 3.8) is 0 Å². The van der Waals surface area contributed by atoms with E-state index in [1.54, 1.807) is 0 Å². The minimum absolute atomic E-state index is 0.210. The molecule has 4 rings (SSSR count). The van der Waals surface area contributed by atoms with Crippen LogP contribution in [0, 0.1) is 25.5 Å². The molecule has 0 radical (unpaired) electrons. The van der Waals surface area contributed by atoms with E-state index >= 15 is 0 Å². The average Bonchev–Trinajstić information content (AvgIpc) is 3.25. The van der Waals surface area contributed by atoms with E-state index in [0.29, 0.717) is 18.5 Å². The number of aryl methyl sites for hydroxylation is 1. The van der Waals surface area contributed by atoms with Gasteiger partial charge in [0.2, 0.25) is 0 Å². The van der Waals surface area contributed by atoms with Crippen LogP contribution < -0.4 is 5.32 Å². The number of benzene rings is 1. The molecule has 0 unspecified atom stereocenters. The van der Waals surface area contributed by atoms with Gasteiger partial charge in [-0.15, -0.1) is 0 Å². The second kappa shape index (κ2) is 5.94. The van der Waals surface area contributed by atoms with Crippen molar-refractivity contribution in [1.29, 1.82) is 0 Å². The standard InChI is InChI=1S/C17H17F2N5O/c1-9-13(8-20-17-21-16(23-25-17)11-3-4-11)10(2)24(22-9)15-6-5-12(18)7-14(15)19/h5-7,11H,3-4,8H2,1-2H3,(H,20,21,23). The molecule has 2 aromatic heterocycles. The highest BCUT2D eigenvalue weighted by Gasteiger charge is 2.28. The molecule has 130 valence electrons. The maximum absolute atomic E-state index is 14.0. The Morgan fingerprint density at radius 3 is 2.80 bits per heavy atom.